The molecular formula is C21H22N2O4S. The van der Waals surface area contributed by atoms with E-state index < -0.39 is 0 Å². The number of thioether (sulfide) groups is 1. The second kappa shape index (κ2) is 8.84. The number of rotatable bonds is 7. The van der Waals surface area contributed by atoms with Crippen molar-refractivity contribution in [3.63, 3.8) is 0 Å². The fraction of sp³-hybridized carbons (Fsp3) is 0.238. The zero-order valence-corrected chi connectivity index (χ0v) is 17.1. The zero-order chi connectivity index (χ0) is 20.1. The summed E-state index contributed by atoms with van der Waals surface area (Å²) in [6.45, 7) is 1.94. The van der Waals surface area contributed by atoms with Crippen LogP contribution in [0, 0.1) is 6.92 Å². The van der Waals surface area contributed by atoms with Crippen molar-refractivity contribution in [2.75, 3.05) is 32.4 Å². The monoisotopic (exact) mass is 398 g/mol. The van der Waals surface area contributed by atoms with Crippen LogP contribution in [0.15, 0.2) is 47.4 Å². The van der Waals surface area contributed by atoms with Crippen molar-refractivity contribution in [3.05, 3.63) is 48.2 Å². The van der Waals surface area contributed by atoms with Crippen LogP contribution in [0.25, 0.3) is 10.9 Å². The number of carbonyl (C=O) groups is 1. The summed E-state index contributed by atoms with van der Waals surface area (Å²) in [6.07, 6.45) is 0. The Bertz CT molecular complexity index is 1010. The van der Waals surface area contributed by atoms with Gasteiger partial charge in [0, 0.05) is 22.0 Å². The molecule has 0 unspecified atom stereocenters. The van der Waals surface area contributed by atoms with E-state index in [1.54, 1.807) is 39.5 Å². The Morgan fingerprint density at radius 1 is 1.00 bits per heavy atom. The number of nitrogens with zero attached hydrogens (tertiary/aromatic N) is 1. The van der Waals surface area contributed by atoms with Crippen molar-refractivity contribution < 1.29 is 19.0 Å². The largest absolute Gasteiger partial charge is 0.497 e. The van der Waals surface area contributed by atoms with Gasteiger partial charge in [0.15, 0.2) is 0 Å². The predicted octanol–water partition coefficient (Wildman–Crippen LogP) is 4.30. The smallest absolute Gasteiger partial charge is 0.234 e. The molecule has 0 radical (unpaired) electrons. The summed E-state index contributed by atoms with van der Waals surface area (Å²) < 4.78 is 15.8. The van der Waals surface area contributed by atoms with Gasteiger partial charge in [-0.15, -0.1) is 11.8 Å². The molecule has 3 aromatic rings. The van der Waals surface area contributed by atoms with Crippen LogP contribution in [0.2, 0.25) is 0 Å². The van der Waals surface area contributed by atoms with E-state index in [0.29, 0.717) is 17.2 Å². The number of nitrogens with one attached hydrogen (secondary N) is 1. The molecule has 0 saturated carbocycles. The summed E-state index contributed by atoms with van der Waals surface area (Å²) >= 11 is 1.45. The third-order valence-corrected chi connectivity index (χ3v) is 5.20. The summed E-state index contributed by atoms with van der Waals surface area (Å²) in [7, 11) is 4.77. The minimum atomic E-state index is -0.137. The van der Waals surface area contributed by atoms with E-state index in [4.69, 9.17) is 14.2 Å². The molecule has 3 rings (SSSR count). The van der Waals surface area contributed by atoms with Gasteiger partial charge < -0.3 is 19.5 Å². The highest BCUT2D eigenvalue weighted by molar-refractivity contribution is 8.00. The minimum absolute atomic E-state index is 0.137. The van der Waals surface area contributed by atoms with Gasteiger partial charge in [-0.3, -0.25) is 9.78 Å². The van der Waals surface area contributed by atoms with Crippen molar-refractivity contribution in [1.29, 1.82) is 0 Å². The van der Waals surface area contributed by atoms with Gasteiger partial charge in [0.25, 0.3) is 0 Å². The number of anilines is 1. The Hall–Kier alpha value is -2.93. The highest BCUT2D eigenvalue weighted by Gasteiger charge is 2.12. The number of ether oxygens (including phenoxy) is 3. The number of aryl methyl sites for hydroxylation is 1. The lowest BCUT2D eigenvalue weighted by Crippen LogP contribution is -2.14. The summed E-state index contributed by atoms with van der Waals surface area (Å²) in [5, 5.41) is 3.85. The van der Waals surface area contributed by atoms with E-state index in [9.17, 15) is 4.79 Å². The SMILES string of the molecule is COc1ccc(OC)c(NC(=O)CSc2cc(C)nc3ccc(OC)cc23)c1. The third kappa shape index (κ3) is 4.48. The fourth-order valence-electron chi connectivity index (χ4n) is 2.79. The molecule has 1 heterocycles. The lowest BCUT2D eigenvalue weighted by Gasteiger charge is -2.12. The van der Waals surface area contributed by atoms with Crippen LogP contribution in [0.4, 0.5) is 5.69 Å². The van der Waals surface area contributed by atoms with Crippen LogP contribution in [0.1, 0.15) is 5.69 Å². The molecule has 0 aliphatic heterocycles. The lowest BCUT2D eigenvalue weighted by atomic mass is 10.2. The first-order valence-electron chi connectivity index (χ1n) is 8.64. The molecule has 6 nitrogen and oxygen atoms in total. The predicted molar refractivity (Wildman–Crippen MR) is 112 cm³/mol. The lowest BCUT2D eigenvalue weighted by molar-refractivity contribution is -0.113. The average molecular weight is 398 g/mol. The van der Waals surface area contributed by atoms with E-state index in [1.165, 1.54) is 11.8 Å². The zero-order valence-electron chi connectivity index (χ0n) is 16.2. The molecule has 0 fully saturated rings. The van der Waals surface area contributed by atoms with E-state index in [0.717, 1.165) is 27.2 Å². The highest BCUT2D eigenvalue weighted by Crippen LogP contribution is 2.32. The van der Waals surface area contributed by atoms with Crippen LogP contribution in [-0.2, 0) is 4.79 Å². The number of carbonyl (C=O) groups excluding carboxylic acids is 1. The molecule has 0 spiro atoms. The molecule has 1 aromatic heterocycles. The van der Waals surface area contributed by atoms with Gasteiger partial charge in [-0.05, 0) is 43.3 Å². The van der Waals surface area contributed by atoms with Gasteiger partial charge in [-0.1, -0.05) is 0 Å². The van der Waals surface area contributed by atoms with Crippen LogP contribution in [0.5, 0.6) is 17.2 Å². The molecule has 1 amide bonds. The summed E-state index contributed by atoms with van der Waals surface area (Å²) in [5.41, 5.74) is 2.35. The van der Waals surface area contributed by atoms with Crippen molar-refractivity contribution in [1.82, 2.24) is 4.98 Å². The second-order valence-electron chi connectivity index (χ2n) is 6.05. The van der Waals surface area contributed by atoms with E-state index in [-0.39, 0.29) is 11.7 Å². The first kappa shape index (κ1) is 19.8. The summed E-state index contributed by atoms with van der Waals surface area (Å²) in [6, 6.07) is 13.0. The van der Waals surface area contributed by atoms with E-state index in [1.807, 2.05) is 31.2 Å². The van der Waals surface area contributed by atoms with Gasteiger partial charge in [-0.25, -0.2) is 0 Å². The maximum Gasteiger partial charge on any atom is 0.234 e. The van der Waals surface area contributed by atoms with Gasteiger partial charge in [0.2, 0.25) is 5.91 Å². The summed E-state index contributed by atoms with van der Waals surface area (Å²) in [4.78, 5) is 18.1. The molecule has 0 atom stereocenters. The fourth-order valence-corrected chi connectivity index (χ4v) is 3.72. The summed E-state index contributed by atoms with van der Waals surface area (Å²) in [5.74, 6) is 2.09. The van der Waals surface area contributed by atoms with Gasteiger partial charge >= 0.3 is 0 Å². The van der Waals surface area contributed by atoms with Crippen molar-refractivity contribution in [3.8, 4) is 17.2 Å². The van der Waals surface area contributed by atoms with Gasteiger partial charge in [0.05, 0.1) is 38.3 Å². The minimum Gasteiger partial charge on any atom is -0.497 e. The Balaban J connectivity index is 1.78. The Morgan fingerprint density at radius 3 is 2.43 bits per heavy atom. The number of methoxy groups -OCH3 is 3. The molecule has 0 saturated heterocycles. The average Bonchev–Trinajstić information content (AvgIpc) is 2.71. The first-order valence-corrected chi connectivity index (χ1v) is 9.62. The number of hydrogen-bond acceptors (Lipinski definition) is 6. The van der Waals surface area contributed by atoms with Crippen molar-refractivity contribution >= 4 is 34.3 Å². The highest BCUT2D eigenvalue weighted by atomic mass is 32.2. The maximum absolute atomic E-state index is 12.5. The molecule has 28 heavy (non-hydrogen) atoms. The van der Waals surface area contributed by atoms with Crippen LogP contribution >= 0.6 is 11.8 Å². The van der Waals surface area contributed by atoms with Gasteiger partial charge in [-0.2, -0.15) is 0 Å². The molecule has 0 aliphatic carbocycles. The molecule has 0 aliphatic rings. The normalized spacial score (nSPS) is 10.6. The Kier molecular flexibility index (Phi) is 6.26. The maximum atomic E-state index is 12.5. The van der Waals surface area contributed by atoms with Crippen LogP contribution < -0.4 is 19.5 Å². The third-order valence-electron chi connectivity index (χ3n) is 4.15. The molecule has 146 valence electrons. The second-order valence-corrected chi connectivity index (χ2v) is 7.07. The first-order chi connectivity index (χ1) is 13.5. The Labute approximate surface area is 168 Å². The molecule has 1 N–H and O–H groups in total. The Morgan fingerprint density at radius 2 is 1.71 bits per heavy atom. The number of aromatic nitrogens is 1. The van der Waals surface area contributed by atoms with E-state index in [2.05, 4.69) is 10.3 Å². The van der Waals surface area contributed by atoms with Crippen molar-refractivity contribution in [2.45, 2.75) is 11.8 Å². The topological polar surface area (TPSA) is 69.7 Å². The van der Waals surface area contributed by atoms with Crippen LogP contribution in [0.3, 0.4) is 0 Å². The standard InChI is InChI=1S/C21H22N2O4S/c1-13-9-20(16-10-14(25-2)5-7-17(16)22-13)28-12-21(24)23-18-11-15(26-3)6-8-19(18)27-4/h5-11H,12H2,1-4H3,(H,23,24). The van der Waals surface area contributed by atoms with Gasteiger partial charge in [0.1, 0.15) is 17.2 Å². The number of benzene rings is 2. The number of hydrogen-bond donors (Lipinski definition) is 1. The number of pyridine rings is 1. The van der Waals surface area contributed by atoms with E-state index >= 15 is 0 Å². The number of fused-ring (bicyclic) bond motifs is 1. The van der Waals surface area contributed by atoms with Crippen molar-refractivity contribution in [2.24, 2.45) is 0 Å². The van der Waals surface area contributed by atoms with Crippen LogP contribution in [-0.4, -0.2) is 38.0 Å². The molecular weight excluding hydrogens is 376 g/mol. The molecule has 2 aromatic carbocycles. The quantitative estimate of drug-likeness (QED) is 0.599. The molecule has 0 bridgehead atoms. The molecule has 7 heteroatoms. The number of amides is 1.